The minimum Gasteiger partial charge on any atom is -0.383 e. The second-order valence-corrected chi connectivity index (χ2v) is 9.26. The highest BCUT2D eigenvalue weighted by atomic mass is 32.2. The maximum absolute atomic E-state index is 13.2. The zero-order chi connectivity index (χ0) is 23.2. The summed E-state index contributed by atoms with van der Waals surface area (Å²) in [5.41, 5.74) is 1.83. The predicted octanol–water partition coefficient (Wildman–Crippen LogP) is 3.04. The van der Waals surface area contributed by atoms with Gasteiger partial charge in [0.15, 0.2) is 5.16 Å². The van der Waals surface area contributed by atoms with Gasteiger partial charge in [-0.15, -0.1) is 0 Å². The fourth-order valence-electron chi connectivity index (χ4n) is 4.15. The van der Waals surface area contributed by atoms with E-state index >= 15 is 0 Å². The summed E-state index contributed by atoms with van der Waals surface area (Å²) in [7, 11) is 1.61. The van der Waals surface area contributed by atoms with Crippen LogP contribution in [0.4, 0.5) is 0 Å². The van der Waals surface area contributed by atoms with Crippen molar-refractivity contribution < 1.29 is 9.53 Å². The van der Waals surface area contributed by atoms with E-state index in [0.29, 0.717) is 35.8 Å². The molecule has 0 bridgehead atoms. The molecule has 1 fully saturated rings. The van der Waals surface area contributed by atoms with E-state index in [1.54, 1.807) is 17.7 Å². The van der Waals surface area contributed by atoms with Gasteiger partial charge in [0, 0.05) is 39.8 Å². The average molecular weight is 467 g/mol. The second-order valence-electron chi connectivity index (χ2n) is 8.32. The molecule has 3 aromatic rings. The van der Waals surface area contributed by atoms with Crippen LogP contribution in [-0.4, -0.2) is 70.9 Å². The van der Waals surface area contributed by atoms with E-state index in [-0.39, 0.29) is 23.3 Å². The molecule has 1 aliphatic rings. The first-order valence-corrected chi connectivity index (χ1v) is 12.2. The van der Waals surface area contributed by atoms with Crippen LogP contribution in [0.2, 0.25) is 0 Å². The number of thioether (sulfide) groups is 1. The van der Waals surface area contributed by atoms with Gasteiger partial charge in [-0.1, -0.05) is 54.2 Å². The highest BCUT2D eigenvalue weighted by Gasteiger charge is 2.23. The molecule has 0 spiro atoms. The zero-order valence-electron chi connectivity index (χ0n) is 19.1. The Morgan fingerprint density at radius 2 is 1.76 bits per heavy atom. The van der Waals surface area contributed by atoms with E-state index in [0.717, 1.165) is 19.6 Å². The highest BCUT2D eigenvalue weighted by Crippen LogP contribution is 2.22. The standard InChI is InChI=1S/C25H30N4O3S/c1-19(17-32-2)29-24(31)21-10-6-7-11-22(21)26-25(29)33-18-23(30)28-14-12-27(13-15-28)16-20-8-4-3-5-9-20/h3-11,19H,12-18H2,1-2H3. The maximum Gasteiger partial charge on any atom is 0.262 e. The molecule has 1 unspecified atom stereocenters. The monoisotopic (exact) mass is 466 g/mol. The first-order chi connectivity index (χ1) is 16.1. The molecular weight excluding hydrogens is 436 g/mol. The first-order valence-electron chi connectivity index (χ1n) is 11.2. The lowest BCUT2D eigenvalue weighted by Crippen LogP contribution is -2.48. The van der Waals surface area contributed by atoms with Gasteiger partial charge in [0.25, 0.3) is 5.56 Å². The molecule has 2 aromatic carbocycles. The van der Waals surface area contributed by atoms with Gasteiger partial charge in [-0.05, 0) is 24.6 Å². The lowest BCUT2D eigenvalue weighted by molar-refractivity contribution is -0.130. The molecule has 8 heteroatoms. The van der Waals surface area contributed by atoms with E-state index in [2.05, 4.69) is 29.2 Å². The number of methoxy groups -OCH3 is 1. The van der Waals surface area contributed by atoms with Crippen molar-refractivity contribution in [3.05, 3.63) is 70.5 Å². The number of piperazine rings is 1. The van der Waals surface area contributed by atoms with E-state index in [9.17, 15) is 9.59 Å². The molecule has 0 saturated carbocycles. The van der Waals surface area contributed by atoms with Crippen LogP contribution in [0.25, 0.3) is 10.9 Å². The molecule has 1 saturated heterocycles. The molecule has 174 valence electrons. The number of para-hydroxylation sites is 1. The molecule has 1 atom stereocenters. The largest absolute Gasteiger partial charge is 0.383 e. The van der Waals surface area contributed by atoms with Crippen molar-refractivity contribution in [2.75, 3.05) is 45.6 Å². The van der Waals surface area contributed by atoms with Crippen LogP contribution in [0.1, 0.15) is 18.5 Å². The van der Waals surface area contributed by atoms with Gasteiger partial charge >= 0.3 is 0 Å². The lowest BCUT2D eigenvalue weighted by Gasteiger charge is -2.34. The fourth-order valence-corrected chi connectivity index (χ4v) is 5.15. The van der Waals surface area contributed by atoms with Crippen LogP contribution >= 0.6 is 11.8 Å². The number of fused-ring (bicyclic) bond motifs is 1. The summed E-state index contributed by atoms with van der Waals surface area (Å²) in [6.07, 6.45) is 0. The summed E-state index contributed by atoms with van der Waals surface area (Å²) in [6.45, 7) is 6.37. The fraction of sp³-hybridized carbons (Fsp3) is 0.400. The minimum absolute atomic E-state index is 0.0766. The van der Waals surface area contributed by atoms with Crippen LogP contribution in [-0.2, 0) is 16.1 Å². The van der Waals surface area contributed by atoms with Crippen molar-refractivity contribution in [3.8, 4) is 0 Å². The Morgan fingerprint density at radius 3 is 2.48 bits per heavy atom. The smallest absolute Gasteiger partial charge is 0.262 e. The molecule has 0 radical (unpaired) electrons. The number of hydrogen-bond donors (Lipinski definition) is 0. The third-order valence-electron chi connectivity index (χ3n) is 5.92. The summed E-state index contributed by atoms with van der Waals surface area (Å²) >= 11 is 1.33. The maximum atomic E-state index is 13.2. The summed E-state index contributed by atoms with van der Waals surface area (Å²) in [5, 5.41) is 1.13. The number of carbonyl (C=O) groups excluding carboxylic acids is 1. The third-order valence-corrected chi connectivity index (χ3v) is 6.86. The quantitative estimate of drug-likeness (QED) is 0.376. The summed E-state index contributed by atoms with van der Waals surface area (Å²) in [5.74, 6) is 0.330. The van der Waals surface area contributed by atoms with Gasteiger partial charge < -0.3 is 9.64 Å². The molecule has 1 aromatic heterocycles. The number of aromatic nitrogens is 2. The molecule has 1 amide bonds. The van der Waals surface area contributed by atoms with Crippen molar-refractivity contribution in [3.63, 3.8) is 0 Å². The number of amides is 1. The van der Waals surface area contributed by atoms with E-state index in [1.807, 2.05) is 36.1 Å². The SMILES string of the molecule is COCC(C)n1c(SCC(=O)N2CCN(Cc3ccccc3)CC2)nc2ccccc2c1=O. The van der Waals surface area contributed by atoms with Crippen molar-refractivity contribution in [2.24, 2.45) is 0 Å². The predicted molar refractivity (Wildman–Crippen MR) is 132 cm³/mol. The van der Waals surface area contributed by atoms with Crippen LogP contribution in [0.15, 0.2) is 64.5 Å². The van der Waals surface area contributed by atoms with Gasteiger partial charge in [-0.25, -0.2) is 4.98 Å². The van der Waals surface area contributed by atoms with Crippen LogP contribution in [0, 0.1) is 0 Å². The number of rotatable bonds is 8. The zero-order valence-corrected chi connectivity index (χ0v) is 20.0. The molecule has 4 rings (SSSR count). The van der Waals surface area contributed by atoms with Gasteiger partial charge in [0.1, 0.15) is 0 Å². The molecule has 33 heavy (non-hydrogen) atoms. The topological polar surface area (TPSA) is 67.7 Å². The Balaban J connectivity index is 1.41. The Kier molecular flexibility index (Phi) is 7.80. The Bertz CT molecular complexity index is 1140. The lowest BCUT2D eigenvalue weighted by atomic mass is 10.2. The number of ether oxygens (including phenoxy) is 1. The Labute approximate surface area is 198 Å². The van der Waals surface area contributed by atoms with Gasteiger partial charge in [-0.2, -0.15) is 0 Å². The van der Waals surface area contributed by atoms with Crippen LogP contribution in [0.5, 0.6) is 0 Å². The molecule has 0 aliphatic carbocycles. The molecule has 1 aliphatic heterocycles. The van der Waals surface area contributed by atoms with Gasteiger partial charge in [0.2, 0.25) is 5.91 Å². The van der Waals surface area contributed by atoms with Crippen molar-refractivity contribution in [1.82, 2.24) is 19.4 Å². The first kappa shape index (κ1) is 23.5. The number of nitrogens with zero attached hydrogens (tertiary/aromatic N) is 4. The summed E-state index contributed by atoms with van der Waals surface area (Å²) in [6, 6.07) is 17.5. The van der Waals surface area contributed by atoms with Crippen molar-refractivity contribution in [2.45, 2.75) is 24.7 Å². The van der Waals surface area contributed by atoms with Crippen molar-refractivity contribution in [1.29, 1.82) is 0 Å². The average Bonchev–Trinajstić information content (AvgIpc) is 2.84. The molecular formula is C25H30N4O3S. The number of benzene rings is 2. The minimum atomic E-state index is -0.182. The van der Waals surface area contributed by atoms with Crippen LogP contribution in [0.3, 0.4) is 0 Å². The van der Waals surface area contributed by atoms with E-state index in [4.69, 9.17) is 9.72 Å². The summed E-state index contributed by atoms with van der Waals surface area (Å²) in [4.78, 5) is 35.1. The van der Waals surface area contributed by atoms with Crippen molar-refractivity contribution >= 4 is 28.6 Å². The Morgan fingerprint density at radius 1 is 1.06 bits per heavy atom. The highest BCUT2D eigenvalue weighted by molar-refractivity contribution is 7.99. The summed E-state index contributed by atoms with van der Waals surface area (Å²) < 4.78 is 6.93. The van der Waals surface area contributed by atoms with E-state index in [1.165, 1.54) is 17.3 Å². The van der Waals surface area contributed by atoms with Crippen LogP contribution < -0.4 is 5.56 Å². The molecule has 2 heterocycles. The van der Waals surface area contributed by atoms with Gasteiger partial charge in [-0.3, -0.25) is 19.1 Å². The normalized spacial score (nSPS) is 15.6. The third kappa shape index (κ3) is 5.63. The number of carbonyl (C=O) groups is 1. The number of hydrogen-bond acceptors (Lipinski definition) is 6. The molecule has 0 N–H and O–H groups in total. The van der Waals surface area contributed by atoms with E-state index < -0.39 is 0 Å². The second kappa shape index (κ2) is 11.0. The van der Waals surface area contributed by atoms with Gasteiger partial charge in [0.05, 0.1) is 29.3 Å². The Hall–Kier alpha value is -2.68. The molecule has 7 nitrogen and oxygen atoms in total.